The lowest BCUT2D eigenvalue weighted by molar-refractivity contribution is -0.270. The minimum Gasteiger partial charge on any atom is -0.394 e. The zero-order valence-corrected chi connectivity index (χ0v) is 13.7. The van der Waals surface area contributed by atoms with E-state index in [9.17, 15) is 20.1 Å². The third kappa shape index (κ3) is 4.99. The largest absolute Gasteiger partial charge is 0.394 e. The van der Waals surface area contributed by atoms with Gasteiger partial charge in [0.15, 0.2) is 6.29 Å². The molecule has 1 saturated heterocycles. The van der Waals surface area contributed by atoms with Crippen LogP contribution in [0.2, 0.25) is 0 Å². The number of ether oxygens (including phenoxy) is 2. The lowest BCUT2D eigenvalue weighted by Crippen LogP contribution is -2.64. The van der Waals surface area contributed by atoms with Gasteiger partial charge in [0.1, 0.15) is 24.4 Å². The standard InChI is InChI=1S/C17H25NO6/c1-11(20)18-14-16(22)15(21)13(10-19)24-17(14)23-9-5-8-12-6-3-2-4-7-12/h2-4,6-7,13-17,19,21-22H,5,8-10H2,1H3,(H,18,20)/t13-,14-,15-,16-,17-/m1/s1. The van der Waals surface area contributed by atoms with Crippen LogP contribution in [-0.4, -0.2) is 65.1 Å². The Labute approximate surface area is 141 Å². The number of nitrogens with one attached hydrogen (secondary N) is 1. The van der Waals surface area contributed by atoms with Gasteiger partial charge in [0, 0.05) is 6.92 Å². The van der Waals surface area contributed by atoms with E-state index in [2.05, 4.69) is 5.32 Å². The van der Waals surface area contributed by atoms with Gasteiger partial charge in [-0.25, -0.2) is 0 Å². The highest BCUT2D eigenvalue weighted by Crippen LogP contribution is 2.22. The Morgan fingerprint density at radius 1 is 1.25 bits per heavy atom. The fourth-order valence-electron chi connectivity index (χ4n) is 2.73. The number of rotatable bonds is 7. The van der Waals surface area contributed by atoms with Gasteiger partial charge in [-0.15, -0.1) is 0 Å². The number of carbonyl (C=O) groups is 1. The first-order valence-electron chi connectivity index (χ1n) is 8.08. The monoisotopic (exact) mass is 339 g/mol. The molecule has 0 bridgehead atoms. The van der Waals surface area contributed by atoms with E-state index in [1.54, 1.807) is 0 Å². The predicted molar refractivity (Wildman–Crippen MR) is 86.1 cm³/mol. The van der Waals surface area contributed by atoms with Gasteiger partial charge in [0.25, 0.3) is 0 Å². The summed E-state index contributed by atoms with van der Waals surface area (Å²) in [4.78, 5) is 11.3. The fourth-order valence-corrected chi connectivity index (χ4v) is 2.73. The SMILES string of the molecule is CC(=O)N[C@H]1[C@H](OCCCc2ccccc2)O[C@H](CO)[C@@H](O)[C@@H]1O. The van der Waals surface area contributed by atoms with E-state index in [0.717, 1.165) is 12.8 Å². The summed E-state index contributed by atoms with van der Waals surface area (Å²) in [5, 5.41) is 31.9. The maximum Gasteiger partial charge on any atom is 0.217 e. The molecule has 1 aromatic rings. The molecule has 1 aliphatic rings. The predicted octanol–water partition coefficient (Wildman–Crippen LogP) is -0.420. The van der Waals surface area contributed by atoms with Crippen LogP contribution in [0.15, 0.2) is 30.3 Å². The second-order valence-electron chi connectivity index (χ2n) is 5.89. The summed E-state index contributed by atoms with van der Waals surface area (Å²) in [6, 6.07) is 9.05. The van der Waals surface area contributed by atoms with Crippen LogP contribution in [0, 0.1) is 0 Å². The van der Waals surface area contributed by atoms with Gasteiger partial charge in [-0.1, -0.05) is 30.3 Å². The van der Waals surface area contributed by atoms with Crippen molar-refractivity contribution in [3.05, 3.63) is 35.9 Å². The molecule has 1 aliphatic heterocycles. The summed E-state index contributed by atoms with van der Waals surface area (Å²) < 4.78 is 11.1. The van der Waals surface area contributed by atoms with Gasteiger partial charge in [-0.3, -0.25) is 4.79 Å². The van der Waals surface area contributed by atoms with Crippen molar-refractivity contribution in [2.45, 2.75) is 50.4 Å². The molecule has 1 aromatic carbocycles. The molecule has 4 N–H and O–H groups in total. The van der Waals surface area contributed by atoms with Gasteiger partial charge in [0.05, 0.1) is 13.2 Å². The Hall–Kier alpha value is -1.51. The zero-order chi connectivity index (χ0) is 17.5. The molecule has 1 amide bonds. The summed E-state index contributed by atoms with van der Waals surface area (Å²) in [6.45, 7) is 1.22. The summed E-state index contributed by atoms with van der Waals surface area (Å²) in [7, 11) is 0. The molecule has 1 fully saturated rings. The van der Waals surface area contributed by atoms with Gasteiger partial charge >= 0.3 is 0 Å². The Bertz CT molecular complexity index is 511. The second-order valence-corrected chi connectivity index (χ2v) is 5.89. The van der Waals surface area contributed by atoms with Crippen molar-refractivity contribution in [1.29, 1.82) is 0 Å². The van der Waals surface area contributed by atoms with Gasteiger partial charge in [-0.05, 0) is 18.4 Å². The molecule has 2 rings (SSSR count). The third-order valence-electron chi connectivity index (χ3n) is 3.99. The highest BCUT2D eigenvalue weighted by atomic mass is 16.7. The van der Waals surface area contributed by atoms with Crippen LogP contribution in [0.3, 0.4) is 0 Å². The molecule has 0 unspecified atom stereocenters. The molecule has 0 spiro atoms. The molecule has 0 saturated carbocycles. The van der Waals surface area contributed by atoms with E-state index in [-0.39, 0.29) is 5.91 Å². The number of hydrogen-bond acceptors (Lipinski definition) is 6. The number of aryl methyl sites for hydroxylation is 1. The smallest absolute Gasteiger partial charge is 0.217 e. The number of amides is 1. The average Bonchev–Trinajstić information content (AvgIpc) is 2.58. The van der Waals surface area contributed by atoms with Crippen LogP contribution in [0.25, 0.3) is 0 Å². The summed E-state index contributed by atoms with van der Waals surface area (Å²) >= 11 is 0. The van der Waals surface area contributed by atoms with Crippen LogP contribution < -0.4 is 5.32 Å². The van der Waals surface area contributed by atoms with Crippen LogP contribution in [0.4, 0.5) is 0 Å². The maximum atomic E-state index is 11.3. The Morgan fingerprint density at radius 3 is 2.58 bits per heavy atom. The molecule has 0 aliphatic carbocycles. The number of benzene rings is 1. The molecule has 7 nitrogen and oxygen atoms in total. The Balaban J connectivity index is 1.90. The van der Waals surface area contributed by atoms with Crippen molar-refractivity contribution in [1.82, 2.24) is 5.32 Å². The number of carbonyl (C=O) groups excluding carboxylic acids is 1. The number of aliphatic hydroxyl groups is 3. The Kier molecular flexibility index (Phi) is 7.14. The first-order chi connectivity index (χ1) is 11.5. The molecule has 5 atom stereocenters. The van der Waals surface area contributed by atoms with Crippen LogP contribution in [-0.2, 0) is 20.7 Å². The lowest BCUT2D eigenvalue weighted by Gasteiger charge is -2.42. The summed E-state index contributed by atoms with van der Waals surface area (Å²) in [5.41, 5.74) is 1.19. The normalized spacial score (nSPS) is 30.1. The number of aliphatic hydroxyl groups excluding tert-OH is 3. The second kappa shape index (κ2) is 9.10. The summed E-state index contributed by atoms with van der Waals surface area (Å²) in [5.74, 6) is -0.366. The van der Waals surface area contributed by atoms with Gasteiger partial charge < -0.3 is 30.1 Å². The molecule has 0 radical (unpaired) electrons. The highest BCUT2D eigenvalue weighted by Gasteiger charge is 2.45. The van der Waals surface area contributed by atoms with Crippen molar-refractivity contribution in [2.24, 2.45) is 0 Å². The van der Waals surface area contributed by atoms with E-state index in [0.29, 0.717) is 6.61 Å². The highest BCUT2D eigenvalue weighted by molar-refractivity contribution is 5.73. The first kappa shape index (κ1) is 18.8. The quantitative estimate of drug-likeness (QED) is 0.503. The third-order valence-corrected chi connectivity index (χ3v) is 3.99. The van der Waals surface area contributed by atoms with E-state index in [4.69, 9.17) is 9.47 Å². The van der Waals surface area contributed by atoms with Crippen molar-refractivity contribution in [2.75, 3.05) is 13.2 Å². The molecular weight excluding hydrogens is 314 g/mol. The lowest BCUT2D eigenvalue weighted by atomic mass is 9.97. The van der Waals surface area contributed by atoms with E-state index < -0.39 is 37.3 Å². The van der Waals surface area contributed by atoms with Crippen molar-refractivity contribution in [3.63, 3.8) is 0 Å². The van der Waals surface area contributed by atoms with E-state index in [1.165, 1.54) is 12.5 Å². The van der Waals surface area contributed by atoms with E-state index >= 15 is 0 Å². The molecular formula is C17H25NO6. The minimum absolute atomic E-state index is 0.358. The average molecular weight is 339 g/mol. The van der Waals surface area contributed by atoms with Gasteiger partial charge in [0.2, 0.25) is 5.91 Å². The maximum absolute atomic E-state index is 11.3. The zero-order valence-electron chi connectivity index (χ0n) is 13.7. The fraction of sp³-hybridized carbons (Fsp3) is 0.588. The van der Waals surface area contributed by atoms with Gasteiger partial charge in [-0.2, -0.15) is 0 Å². The van der Waals surface area contributed by atoms with Crippen LogP contribution in [0.1, 0.15) is 18.9 Å². The van der Waals surface area contributed by atoms with Crippen LogP contribution >= 0.6 is 0 Å². The van der Waals surface area contributed by atoms with Crippen LogP contribution in [0.5, 0.6) is 0 Å². The Morgan fingerprint density at radius 2 is 1.96 bits per heavy atom. The minimum atomic E-state index is -1.30. The van der Waals surface area contributed by atoms with E-state index in [1.807, 2.05) is 30.3 Å². The van der Waals surface area contributed by atoms with Crippen molar-refractivity contribution >= 4 is 5.91 Å². The molecule has 7 heteroatoms. The van der Waals surface area contributed by atoms with Crippen molar-refractivity contribution < 1.29 is 29.6 Å². The molecule has 134 valence electrons. The topological polar surface area (TPSA) is 108 Å². The summed E-state index contributed by atoms with van der Waals surface area (Å²) in [6.07, 6.45) is -2.90. The van der Waals surface area contributed by atoms with Crippen molar-refractivity contribution in [3.8, 4) is 0 Å². The molecule has 0 aromatic heterocycles. The number of hydrogen-bond donors (Lipinski definition) is 4. The molecule has 24 heavy (non-hydrogen) atoms. The first-order valence-corrected chi connectivity index (χ1v) is 8.08. The molecule has 1 heterocycles.